The van der Waals surface area contributed by atoms with Gasteiger partial charge in [-0.15, -0.1) is 0 Å². The SMILES string of the molecule is CCCCCCOc1cccc(CO)c1. The van der Waals surface area contributed by atoms with Crippen LogP contribution in [0, 0.1) is 0 Å². The van der Waals surface area contributed by atoms with Crippen molar-refractivity contribution in [1.29, 1.82) is 0 Å². The Morgan fingerprint density at radius 1 is 1.20 bits per heavy atom. The third-order valence-corrected chi connectivity index (χ3v) is 2.35. The first-order valence-electron chi connectivity index (χ1n) is 5.69. The van der Waals surface area contributed by atoms with Gasteiger partial charge in [-0.1, -0.05) is 38.3 Å². The molecule has 0 atom stereocenters. The minimum absolute atomic E-state index is 0.0764. The van der Waals surface area contributed by atoms with Gasteiger partial charge in [-0.3, -0.25) is 0 Å². The second kappa shape index (κ2) is 7.30. The molecule has 1 rings (SSSR count). The number of rotatable bonds is 7. The first-order chi connectivity index (χ1) is 7.36. The third kappa shape index (κ3) is 4.84. The molecular weight excluding hydrogens is 188 g/mol. The van der Waals surface area contributed by atoms with Crippen molar-refractivity contribution in [2.75, 3.05) is 6.61 Å². The minimum atomic E-state index is 0.0764. The zero-order valence-electron chi connectivity index (χ0n) is 9.41. The van der Waals surface area contributed by atoms with Crippen LogP contribution in [0.1, 0.15) is 38.2 Å². The number of benzene rings is 1. The maximum absolute atomic E-state index is 8.95. The van der Waals surface area contributed by atoms with Crippen molar-refractivity contribution in [3.63, 3.8) is 0 Å². The Morgan fingerprint density at radius 3 is 2.80 bits per heavy atom. The summed E-state index contributed by atoms with van der Waals surface area (Å²) in [6.07, 6.45) is 4.87. The first kappa shape index (κ1) is 12.1. The molecule has 0 unspecified atom stereocenters. The van der Waals surface area contributed by atoms with Gasteiger partial charge in [-0.25, -0.2) is 0 Å². The number of hydrogen-bond acceptors (Lipinski definition) is 2. The molecule has 0 saturated heterocycles. The molecule has 0 fully saturated rings. The summed E-state index contributed by atoms with van der Waals surface area (Å²) in [4.78, 5) is 0. The van der Waals surface area contributed by atoms with Crippen molar-refractivity contribution in [3.05, 3.63) is 29.8 Å². The van der Waals surface area contributed by atoms with E-state index in [9.17, 15) is 0 Å². The lowest BCUT2D eigenvalue weighted by Crippen LogP contribution is -1.97. The molecule has 0 spiro atoms. The highest BCUT2D eigenvalue weighted by atomic mass is 16.5. The number of aliphatic hydroxyl groups excluding tert-OH is 1. The predicted octanol–water partition coefficient (Wildman–Crippen LogP) is 3.14. The van der Waals surface area contributed by atoms with E-state index in [-0.39, 0.29) is 6.61 Å². The van der Waals surface area contributed by atoms with Crippen molar-refractivity contribution in [3.8, 4) is 5.75 Å². The van der Waals surface area contributed by atoms with E-state index in [1.807, 2.05) is 24.3 Å². The lowest BCUT2D eigenvalue weighted by molar-refractivity contribution is 0.278. The van der Waals surface area contributed by atoms with Gasteiger partial charge in [0.1, 0.15) is 5.75 Å². The maximum atomic E-state index is 8.95. The Hall–Kier alpha value is -1.02. The topological polar surface area (TPSA) is 29.5 Å². The number of aliphatic hydroxyl groups is 1. The molecule has 0 aromatic heterocycles. The van der Waals surface area contributed by atoms with Gasteiger partial charge in [0.2, 0.25) is 0 Å². The molecule has 0 aliphatic heterocycles. The Bertz CT molecular complexity index is 271. The number of hydrogen-bond donors (Lipinski definition) is 1. The van der Waals surface area contributed by atoms with Crippen molar-refractivity contribution in [1.82, 2.24) is 0 Å². The van der Waals surface area contributed by atoms with Gasteiger partial charge >= 0.3 is 0 Å². The average molecular weight is 208 g/mol. The highest BCUT2D eigenvalue weighted by Crippen LogP contribution is 2.13. The van der Waals surface area contributed by atoms with Gasteiger partial charge in [-0.05, 0) is 24.1 Å². The van der Waals surface area contributed by atoms with E-state index in [4.69, 9.17) is 9.84 Å². The van der Waals surface area contributed by atoms with Crippen LogP contribution in [-0.4, -0.2) is 11.7 Å². The third-order valence-electron chi connectivity index (χ3n) is 2.35. The molecule has 0 amide bonds. The Labute approximate surface area is 91.9 Å². The van der Waals surface area contributed by atoms with Gasteiger partial charge < -0.3 is 9.84 Å². The molecule has 0 heterocycles. The van der Waals surface area contributed by atoms with Gasteiger partial charge in [0.05, 0.1) is 13.2 Å². The molecule has 1 aromatic carbocycles. The molecule has 2 nitrogen and oxygen atoms in total. The summed E-state index contributed by atoms with van der Waals surface area (Å²) < 4.78 is 5.58. The van der Waals surface area contributed by atoms with Crippen LogP contribution in [0.25, 0.3) is 0 Å². The van der Waals surface area contributed by atoms with E-state index in [1.165, 1.54) is 19.3 Å². The summed E-state index contributed by atoms with van der Waals surface area (Å²) in [7, 11) is 0. The second-order valence-electron chi connectivity index (χ2n) is 3.71. The van der Waals surface area contributed by atoms with Crippen LogP contribution in [0.2, 0.25) is 0 Å². The zero-order valence-corrected chi connectivity index (χ0v) is 9.41. The lowest BCUT2D eigenvalue weighted by Gasteiger charge is -2.06. The highest BCUT2D eigenvalue weighted by molar-refractivity contribution is 5.27. The molecule has 1 N–H and O–H groups in total. The van der Waals surface area contributed by atoms with Crippen molar-refractivity contribution < 1.29 is 9.84 Å². The van der Waals surface area contributed by atoms with Crippen LogP contribution in [-0.2, 0) is 6.61 Å². The summed E-state index contributed by atoms with van der Waals surface area (Å²) in [5, 5.41) is 8.95. The average Bonchev–Trinajstić information content (AvgIpc) is 2.29. The van der Waals surface area contributed by atoms with E-state index < -0.39 is 0 Å². The molecule has 84 valence electrons. The molecule has 0 radical (unpaired) electrons. The number of unbranched alkanes of at least 4 members (excludes halogenated alkanes) is 3. The molecule has 0 aliphatic carbocycles. The lowest BCUT2D eigenvalue weighted by atomic mass is 10.2. The largest absolute Gasteiger partial charge is 0.494 e. The first-order valence-corrected chi connectivity index (χ1v) is 5.69. The predicted molar refractivity (Wildman–Crippen MR) is 62.0 cm³/mol. The van der Waals surface area contributed by atoms with E-state index in [0.717, 1.165) is 24.3 Å². The van der Waals surface area contributed by atoms with Crippen molar-refractivity contribution in [2.45, 2.75) is 39.2 Å². The normalized spacial score (nSPS) is 10.3. The molecular formula is C13H20O2. The fraction of sp³-hybridized carbons (Fsp3) is 0.538. The summed E-state index contributed by atoms with van der Waals surface area (Å²) in [6, 6.07) is 7.62. The molecule has 0 aliphatic rings. The maximum Gasteiger partial charge on any atom is 0.119 e. The Balaban J connectivity index is 2.24. The van der Waals surface area contributed by atoms with E-state index in [0.29, 0.717) is 0 Å². The fourth-order valence-electron chi connectivity index (χ4n) is 1.45. The van der Waals surface area contributed by atoms with E-state index >= 15 is 0 Å². The summed E-state index contributed by atoms with van der Waals surface area (Å²) in [5.74, 6) is 0.859. The van der Waals surface area contributed by atoms with Gasteiger partial charge in [0.15, 0.2) is 0 Å². The Kier molecular flexibility index (Phi) is 5.86. The fourth-order valence-corrected chi connectivity index (χ4v) is 1.45. The number of ether oxygens (including phenoxy) is 1. The molecule has 0 saturated carbocycles. The molecule has 15 heavy (non-hydrogen) atoms. The summed E-state index contributed by atoms with van der Waals surface area (Å²) in [6.45, 7) is 3.05. The zero-order chi connectivity index (χ0) is 10.9. The molecule has 2 heteroatoms. The summed E-state index contributed by atoms with van der Waals surface area (Å²) in [5.41, 5.74) is 0.904. The highest BCUT2D eigenvalue weighted by Gasteiger charge is 1.95. The van der Waals surface area contributed by atoms with Gasteiger partial charge in [0.25, 0.3) is 0 Å². The van der Waals surface area contributed by atoms with Gasteiger partial charge in [0, 0.05) is 0 Å². The standard InChI is InChI=1S/C13H20O2/c1-2-3-4-5-9-15-13-8-6-7-12(10-13)11-14/h6-8,10,14H,2-5,9,11H2,1H3. The molecule has 1 aromatic rings. The monoisotopic (exact) mass is 208 g/mol. The van der Waals surface area contributed by atoms with Crippen LogP contribution in [0.15, 0.2) is 24.3 Å². The second-order valence-corrected chi connectivity index (χ2v) is 3.71. The van der Waals surface area contributed by atoms with Crippen LogP contribution in [0.3, 0.4) is 0 Å². The smallest absolute Gasteiger partial charge is 0.119 e. The van der Waals surface area contributed by atoms with Gasteiger partial charge in [-0.2, -0.15) is 0 Å². The van der Waals surface area contributed by atoms with Crippen LogP contribution in [0.4, 0.5) is 0 Å². The van der Waals surface area contributed by atoms with Crippen LogP contribution >= 0.6 is 0 Å². The quantitative estimate of drug-likeness (QED) is 0.697. The van der Waals surface area contributed by atoms with Crippen molar-refractivity contribution in [2.24, 2.45) is 0 Å². The van der Waals surface area contributed by atoms with Crippen molar-refractivity contribution >= 4 is 0 Å². The minimum Gasteiger partial charge on any atom is -0.494 e. The van der Waals surface area contributed by atoms with Crippen LogP contribution in [0.5, 0.6) is 5.75 Å². The van der Waals surface area contributed by atoms with E-state index in [2.05, 4.69) is 6.92 Å². The molecule has 0 bridgehead atoms. The van der Waals surface area contributed by atoms with Crippen LogP contribution < -0.4 is 4.74 Å². The Morgan fingerprint density at radius 2 is 2.07 bits per heavy atom. The van der Waals surface area contributed by atoms with E-state index in [1.54, 1.807) is 0 Å². The summed E-state index contributed by atoms with van der Waals surface area (Å²) >= 11 is 0.